The molecule has 0 bridgehead atoms. The topological polar surface area (TPSA) is 46.2 Å². The van der Waals surface area contributed by atoms with Gasteiger partial charge in [-0.2, -0.15) is 13.2 Å². The molecule has 3 N–H and O–H groups in total. The maximum atomic E-state index is 12.4. The molecule has 1 aromatic rings. The second-order valence-electron chi connectivity index (χ2n) is 3.92. The standard InChI is InChI=1S/C10H12F3NO/c1-9(2,14)6-4-3-5-7(8(6)15)10(11,12)13/h3-5,15H,14H2,1-2H3. The lowest BCUT2D eigenvalue weighted by atomic mass is 9.92. The fourth-order valence-electron chi connectivity index (χ4n) is 1.29. The first-order chi connectivity index (χ1) is 6.64. The van der Waals surface area contributed by atoms with Crippen LogP contribution in [0, 0.1) is 0 Å². The van der Waals surface area contributed by atoms with Gasteiger partial charge in [0.2, 0.25) is 0 Å². The normalized spacial score (nSPS) is 12.9. The Labute approximate surface area is 85.5 Å². The number of rotatable bonds is 1. The number of nitrogens with two attached hydrogens (primary N) is 1. The fraction of sp³-hybridized carbons (Fsp3) is 0.400. The van der Waals surface area contributed by atoms with Crippen LogP contribution in [0.3, 0.4) is 0 Å². The highest BCUT2D eigenvalue weighted by Crippen LogP contribution is 2.39. The summed E-state index contributed by atoms with van der Waals surface area (Å²) in [4.78, 5) is 0. The molecule has 0 radical (unpaired) electrons. The van der Waals surface area contributed by atoms with Crippen molar-refractivity contribution >= 4 is 0 Å². The van der Waals surface area contributed by atoms with Gasteiger partial charge >= 0.3 is 6.18 Å². The predicted octanol–water partition coefficient (Wildman–Crippen LogP) is 2.60. The van der Waals surface area contributed by atoms with Gasteiger partial charge in [0, 0.05) is 11.1 Å². The van der Waals surface area contributed by atoms with Crippen molar-refractivity contribution in [2.24, 2.45) is 5.73 Å². The molecule has 2 nitrogen and oxygen atoms in total. The van der Waals surface area contributed by atoms with Crippen LogP contribution in [0.25, 0.3) is 0 Å². The van der Waals surface area contributed by atoms with Crippen molar-refractivity contribution in [1.29, 1.82) is 0 Å². The smallest absolute Gasteiger partial charge is 0.419 e. The number of phenolic OH excluding ortho intramolecular Hbond substituents is 1. The van der Waals surface area contributed by atoms with Crippen molar-refractivity contribution < 1.29 is 18.3 Å². The number of para-hydroxylation sites is 1. The first-order valence-electron chi connectivity index (χ1n) is 4.32. The van der Waals surface area contributed by atoms with Gasteiger partial charge in [-0.25, -0.2) is 0 Å². The Morgan fingerprint density at radius 2 is 1.60 bits per heavy atom. The Kier molecular flexibility index (Phi) is 2.69. The van der Waals surface area contributed by atoms with E-state index in [4.69, 9.17) is 5.73 Å². The molecular formula is C10H12F3NO. The summed E-state index contributed by atoms with van der Waals surface area (Å²) in [6, 6.07) is 3.43. The van der Waals surface area contributed by atoms with E-state index in [0.29, 0.717) is 0 Å². The molecule has 84 valence electrons. The van der Waals surface area contributed by atoms with Gasteiger partial charge in [-0.3, -0.25) is 0 Å². The maximum Gasteiger partial charge on any atom is 0.419 e. The second kappa shape index (κ2) is 3.41. The Hall–Kier alpha value is -1.23. The molecule has 0 saturated carbocycles. The highest BCUT2D eigenvalue weighted by Gasteiger charge is 2.36. The second-order valence-corrected chi connectivity index (χ2v) is 3.92. The third-order valence-corrected chi connectivity index (χ3v) is 2.04. The quantitative estimate of drug-likeness (QED) is 0.762. The molecule has 0 fully saturated rings. The van der Waals surface area contributed by atoms with E-state index < -0.39 is 23.0 Å². The Morgan fingerprint density at radius 1 is 1.13 bits per heavy atom. The lowest BCUT2D eigenvalue weighted by Gasteiger charge is -2.22. The Balaban J connectivity index is 3.37. The van der Waals surface area contributed by atoms with Gasteiger partial charge in [-0.1, -0.05) is 12.1 Å². The van der Waals surface area contributed by atoms with E-state index in [1.807, 2.05) is 0 Å². The molecule has 15 heavy (non-hydrogen) atoms. The average Bonchev–Trinajstić information content (AvgIpc) is 1.99. The number of phenols is 1. The zero-order chi connectivity index (χ0) is 11.9. The maximum absolute atomic E-state index is 12.4. The van der Waals surface area contributed by atoms with Crippen molar-refractivity contribution in [1.82, 2.24) is 0 Å². The van der Waals surface area contributed by atoms with Gasteiger partial charge in [0.1, 0.15) is 5.75 Å². The van der Waals surface area contributed by atoms with Crippen LogP contribution < -0.4 is 5.73 Å². The third-order valence-electron chi connectivity index (χ3n) is 2.04. The molecule has 0 unspecified atom stereocenters. The Morgan fingerprint density at radius 3 is 2.00 bits per heavy atom. The lowest BCUT2D eigenvalue weighted by Crippen LogP contribution is -2.29. The summed E-state index contributed by atoms with van der Waals surface area (Å²) in [5.74, 6) is -0.794. The Bertz CT molecular complexity index is 334. The van der Waals surface area contributed by atoms with Crippen molar-refractivity contribution in [3.63, 3.8) is 0 Å². The van der Waals surface area contributed by atoms with Crippen LogP contribution in [-0.4, -0.2) is 5.11 Å². The molecule has 0 atom stereocenters. The molecular weight excluding hydrogens is 207 g/mol. The zero-order valence-corrected chi connectivity index (χ0v) is 8.39. The van der Waals surface area contributed by atoms with E-state index in [9.17, 15) is 18.3 Å². The summed E-state index contributed by atoms with van der Waals surface area (Å²) < 4.78 is 37.2. The van der Waals surface area contributed by atoms with Crippen molar-refractivity contribution in [3.8, 4) is 5.75 Å². The summed E-state index contributed by atoms with van der Waals surface area (Å²) in [5, 5.41) is 9.46. The zero-order valence-electron chi connectivity index (χ0n) is 8.39. The average molecular weight is 219 g/mol. The number of hydrogen-bond donors (Lipinski definition) is 2. The number of benzene rings is 1. The van der Waals surface area contributed by atoms with Gasteiger partial charge in [-0.05, 0) is 19.9 Å². The van der Waals surface area contributed by atoms with Crippen LogP contribution in [0.1, 0.15) is 25.0 Å². The van der Waals surface area contributed by atoms with Crippen molar-refractivity contribution in [2.75, 3.05) is 0 Å². The molecule has 0 aliphatic rings. The first kappa shape index (κ1) is 11.8. The van der Waals surface area contributed by atoms with Crippen molar-refractivity contribution in [2.45, 2.75) is 25.6 Å². The van der Waals surface area contributed by atoms with Gasteiger partial charge in [0.05, 0.1) is 5.56 Å². The molecule has 0 aliphatic heterocycles. The summed E-state index contributed by atoms with van der Waals surface area (Å²) in [6.45, 7) is 3.06. The molecule has 0 amide bonds. The van der Waals surface area contributed by atoms with Crippen LogP contribution in [0.5, 0.6) is 5.75 Å². The number of aromatic hydroxyl groups is 1. The van der Waals surface area contributed by atoms with E-state index in [1.54, 1.807) is 0 Å². The summed E-state index contributed by atoms with van der Waals surface area (Å²) in [6.07, 6.45) is -4.56. The van der Waals surface area contributed by atoms with E-state index in [0.717, 1.165) is 6.07 Å². The molecule has 0 aromatic heterocycles. The van der Waals surface area contributed by atoms with Gasteiger partial charge < -0.3 is 10.8 Å². The van der Waals surface area contributed by atoms with Crippen molar-refractivity contribution in [3.05, 3.63) is 29.3 Å². The minimum absolute atomic E-state index is 0.0809. The minimum atomic E-state index is -4.56. The number of hydrogen-bond acceptors (Lipinski definition) is 2. The summed E-state index contributed by atoms with van der Waals surface area (Å²) >= 11 is 0. The van der Waals surface area contributed by atoms with Gasteiger partial charge in [0.15, 0.2) is 0 Å². The molecule has 0 heterocycles. The van der Waals surface area contributed by atoms with Gasteiger partial charge in [-0.15, -0.1) is 0 Å². The van der Waals surface area contributed by atoms with E-state index in [2.05, 4.69) is 0 Å². The van der Waals surface area contributed by atoms with E-state index in [-0.39, 0.29) is 5.56 Å². The first-order valence-corrected chi connectivity index (χ1v) is 4.32. The van der Waals surface area contributed by atoms with E-state index in [1.165, 1.54) is 26.0 Å². The van der Waals surface area contributed by atoms with Crippen LogP contribution >= 0.6 is 0 Å². The molecule has 1 rings (SSSR count). The summed E-state index contributed by atoms with van der Waals surface area (Å²) in [7, 11) is 0. The number of alkyl halides is 3. The SMILES string of the molecule is CC(C)(N)c1cccc(C(F)(F)F)c1O. The van der Waals surface area contributed by atoms with Gasteiger partial charge in [0.25, 0.3) is 0 Å². The largest absolute Gasteiger partial charge is 0.507 e. The van der Waals surface area contributed by atoms with Crippen LogP contribution in [0.15, 0.2) is 18.2 Å². The minimum Gasteiger partial charge on any atom is -0.507 e. The monoisotopic (exact) mass is 219 g/mol. The third kappa shape index (κ3) is 2.41. The lowest BCUT2D eigenvalue weighted by molar-refractivity contribution is -0.138. The highest BCUT2D eigenvalue weighted by atomic mass is 19.4. The fourth-order valence-corrected chi connectivity index (χ4v) is 1.29. The molecule has 1 aromatic carbocycles. The van der Waals surface area contributed by atoms with Crippen LogP contribution in [0.4, 0.5) is 13.2 Å². The highest BCUT2D eigenvalue weighted by molar-refractivity contribution is 5.45. The number of halogens is 3. The molecule has 0 aliphatic carbocycles. The summed E-state index contributed by atoms with van der Waals surface area (Å²) in [5.41, 5.74) is 3.66. The molecule has 0 spiro atoms. The van der Waals surface area contributed by atoms with Crippen LogP contribution in [0.2, 0.25) is 0 Å². The van der Waals surface area contributed by atoms with E-state index >= 15 is 0 Å². The van der Waals surface area contributed by atoms with Crippen LogP contribution in [-0.2, 0) is 11.7 Å². The molecule has 5 heteroatoms. The molecule has 0 saturated heterocycles. The predicted molar refractivity (Wildman–Crippen MR) is 50.3 cm³/mol.